The average Bonchev–Trinajstić information content (AvgIpc) is 2.42. The first kappa shape index (κ1) is 13.9. The molecule has 0 aliphatic rings. The lowest BCUT2D eigenvalue weighted by Gasteiger charge is -2.09. The molecule has 2 aromatic rings. The quantitative estimate of drug-likeness (QED) is 0.647. The Labute approximate surface area is 117 Å². The second kappa shape index (κ2) is 6.06. The van der Waals surface area contributed by atoms with Crippen molar-refractivity contribution in [3.05, 3.63) is 63.7 Å². The topological polar surface area (TPSA) is 75.4 Å². The number of phenols is 1. The summed E-state index contributed by atoms with van der Waals surface area (Å²) in [5.74, 6) is 0.247. The van der Waals surface area contributed by atoms with Crippen LogP contribution in [-0.4, -0.2) is 16.6 Å². The third-order valence-corrected chi connectivity index (χ3v) is 3.17. The molecular weight excluding hydrogens is 256 g/mol. The summed E-state index contributed by atoms with van der Waals surface area (Å²) in [6.07, 6.45) is 0.780. The zero-order chi connectivity index (χ0) is 14.5. The van der Waals surface area contributed by atoms with Gasteiger partial charge in [-0.1, -0.05) is 18.2 Å². The molecule has 0 saturated carbocycles. The standard InChI is InChI=1S/C15H16N2O3/c1-11-14(3-2-4-15(11)17(19)20)16-10-9-12-5-7-13(18)8-6-12/h2-8,16,18H,9-10H2,1H3. The van der Waals surface area contributed by atoms with Gasteiger partial charge < -0.3 is 10.4 Å². The van der Waals surface area contributed by atoms with Gasteiger partial charge in [0.15, 0.2) is 0 Å². The van der Waals surface area contributed by atoms with Gasteiger partial charge in [0.25, 0.3) is 5.69 Å². The van der Waals surface area contributed by atoms with Crippen LogP contribution in [-0.2, 0) is 6.42 Å². The molecule has 0 spiro atoms. The second-order valence-corrected chi connectivity index (χ2v) is 4.55. The molecule has 0 heterocycles. The summed E-state index contributed by atoms with van der Waals surface area (Å²) in [4.78, 5) is 10.5. The first-order valence-electron chi connectivity index (χ1n) is 6.33. The number of nitro groups is 1. The molecule has 2 aromatic carbocycles. The summed E-state index contributed by atoms with van der Waals surface area (Å²) in [7, 11) is 0. The lowest BCUT2D eigenvalue weighted by molar-refractivity contribution is -0.385. The van der Waals surface area contributed by atoms with Crippen LogP contribution < -0.4 is 5.32 Å². The van der Waals surface area contributed by atoms with E-state index < -0.39 is 0 Å². The summed E-state index contributed by atoms with van der Waals surface area (Å²) in [6.45, 7) is 2.41. The molecule has 0 saturated heterocycles. The fourth-order valence-corrected chi connectivity index (χ4v) is 2.02. The number of nitrogens with zero attached hydrogens (tertiary/aromatic N) is 1. The van der Waals surface area contributed by atoms with Gasteiger partial charge in [0, 0.05) is 23.9 Å². The van der Waals surface area contributed by atoms with E-state index in [0.29, 0.717) is 12.1 Å². The van der Waals surface area contributed by atoms with Gasteiger partial charge in [-0.2, -0.15) is 0 Å². The lowest BCUT2D eigenvalue weighted by atomic mass is 10.1. The molecule has 20 heavy (non-hydrogen) atoms. The molecule has 5 nitrogen and oxygen atoms in total. The predicted octanol–water partition coefficient (Wildman–Crippen LogP) is 3.26. The van der Waals surface area contributed by atoms with Crippen molar-refractivity contribution in [3.8, 4) is 5.75 Å². The molecule has 2 rings (SSSR count). The Morgan fingerprint density at radius 1 is 1.20 bits per heavy atom. The van der Waals surface area contributed by atoms with Crippen LogP contribution in [0, 0.1) is 17.0 Å². The van der Waals surface area contributed by atoms with Gasteiger partial charge in [0.05, 0.1) is 4.92 Å². The Kier molecular flexibility index (Phi) is 4.20. The number of hydrogen-bond acceptors (Lipinski definition) is 4. The predicted molar refractivity (Wildman–Crippen MR) is 78.1 cm³/mol. The van der Waals surface area contributed by atoms with E-state index in [4.69, 9.17) is 0 Å². The van der Waals surface area contributed by atoms with Crippen LogP contribution in [0.5, 0.6) is 5.75 Å². The van der Waals surface area contributed by atoms with Gasteiger partial charge in [-0.3, -0.25) is 10.1 Å². The first-order valence-corrected chi connectivity index (χ1v) is 6.33. The van der Waals surface area contributed by atoms with Crippen LogP contribution >= 0.6 is 0 Å². The van der Waals surface area contributed by atoms with Crippen LogP contribution in [0.25, 0.3) is 0 Å². The third kappa shape index (κ3) is 3.26. The number of anilines is 1. The number of nitrogens with one attached hydrogen (secondary N) is 1. The molecule has 0 atom stereocenters. The van der Waals surface area contributed by atoms with Crippen LogP contribution in [0.15, 0.2) is 42.5 Å². The Hall–Kier alpha value is -2.56. The number of rotatable bonds is 5. The van der Waals surface area contributed by atoms with Crippen molar-refractivity contribution >= 4 is 11.4 Å². The van der Waals surface area contributed by atoms with Crippen LogP contribution in [0.4, 0.5) is 11.4 Å². The molecule has 0 bridgehead atoms. The maximum Gasteiger partial charge on any atom is 0.274 e. The number of phenolic OH excluding ortho intramolecular Hbond substituents is 1. The highest BCUT2D eigenvalue weighted by atomic mass is 16.6. The Bertz CT molecular complexity index is 609. The highest BCUT2D eigenvalue weighted by Gasteiger charge is 2.12. The highest BCUT2D eigenvalue weighted by molar-refractivity contribution is 5.59. The van der Waals surface area contributed by atoms with E-state index in [9.17, 15) is 15.2 Å². The van der Waals surface area contributed by atoms with Crippen LogP contribution in [0.3, 0.4) is 0 Å². The van der Waals surface area contributed by atoms with Gasteiger partial charge in [-0.15, -0.1) is 0 Å². The number of hydrogen-bond donors (Lipinski definition) is 2. The molecule has 0 aromatic heterocycles. The van der Waals surface area contributed by atoms with E-state index >= 15 is 0 Å². The van der Waals surface area contributed by atoms with E-state index in [1.54, 1.807) is 25.1 Å². The minimum atomic E-state index is -0.375. The molecular formula is C15H16N2O3. The van der Waals surface area contributed by atoms with Gasteiger partial charge in [-0.25, -0.2) is 0 Å². The molecule has 0 amide bonds. The van der Waals surface area contributed by atoms with Gasteiger partial charge in [0.2, 0.25) is 0 Å². The van der Waals surface area contributed by atoms with Crippen molar-refractivity contribution in [1.29, 1.82) is 0 Å². The van der Waals surface area contributed by atoms with Crippen LogP contribution in [0.1, 0.15) is 11.1 Å². The fraction of sp³-hybridized carbons (Fsp3) is 0.200. The molecule has 0 radical (unpaired) electrons. The fourth-order valence-electron chi connectivity index (χ4n) is 2.02. The van der Waals surface area contributed by atoms with E-state index in [1.807, 2.05) is 18.2 Å². The maximum absolute atomic E-state index is 10.9. The summed E-state index contributed by atoms with van der Waals surface area (Å²) >= 11 is 0. The minimum absolute atomic E-state index is 0.125. The second-order valence-electron chi connectivity index (χ2n) is 4.55. The number of benzene rings is 2. The van der Waals surface area contributed by atoms with E-state index in [0.717, 1.165) is 17.7 Å². The molecule has 0 fully saturated rings. The molecule has 0 aliphatic heterocycles. The smallest absolute Gasteiger partial charge is 0.274 e. The SMILES string of the molecule is Cc1c(NCCc2ccc(O)cc2)cccc1[N+](=O)[O-]. The average molecular weight is 272 g/mol. The number of aromatic hydroxyl groups is 1. The van der Waals surface area contributed by atoms with Crippen molar-refractivity contribution in [3.63, 3.8) is 0 Å². The molecule has 2 N–H and O–H groups in total. The Morgan fingerprint density at radius 2 is 1.90 bits per heavy atom. The summed E-state index contributed by atoms with van der Waals surface area (Å²) in [6, 6.07) is 12.0. The Morgan fingerprint density at radius 3 is 2.55 bits per heavy atom. The third-order valence-electron chi connectivity index (χ3n) is 3.17. The Balaban J connectivity index is 1.99. The van der Waals surface area contributed by atoms with Gasteiger partial charge in [0.1, 0.15) is 5.75 Å². The molecule has 104 valence electrons. The number of nitro benzene ring substituents is 1. The molecule has 0 aliphatic carbocycles. The van der Waals surface area contributed by atoms with Crippen LogP contribution in [0.2, 0.25) is 0 Å². The van der Waals surface area contributed by atoms with Gasteiger partial charge in [-0.05, 0) is 37.1 Å². The summed E-state index contributed by atoms with van der Waals surface area (Å²) in [5.41, 5.74) is 2.64. The summed E-state index contributed by atoms with van der Waals surface area (Å²) < 4.78 is 0. The lowest BCUT2D eigenvalue weighted by Crippen LogP contribution is -2.06. The first-order chi connectivity index (χ1) is 9.58. The van der Waals surface area contributed by atoms with Crippen molar-refractivity contribution < 1.29 is 10.0 Å². The van der Waals surface area contributed by atoms with Crippen molar-refractivity contribution in [2.45, 2.75) is 13.3 Å². The van der Waals surface area contributed by atoms with Crippen molar-refractivity contribution in [1.82, 2.24) is 0 Å². The van der Waals surface area contributed by atoms with E-state index in [-0.39, 0.29) is 16.4 Å². The largest absolute Gasteiger partial charge is 0.508 e. The normalized spacial score (nSPS) is 10.2. The monoisotopic (exact) mass is 272 g/mol. The minimum Gasteiger partial charge on any atom is -0.508 e. The summed E-state index contributed by atoms with van der Waals surface area (Å²) in [5, 5.41) is 23.3. The van der Waals surface area contributed by atoms with Crippen molar-refractivity contribution in [2.75, 3.05) is 11.9 Å². The molecule has 5 heteroatoms. The zero-order valence-electron chi connectivity index (χ0n) is 11.2. The molecule has 0 unspecified atom stereocenters. The van der Waals surface area contributed by atoms with Crippen molar-refractivity contribution in [2.24, 2.45) is 0 Å². The van der Waals surface area contributed by atoms with E-state index in [2.05, 4.69) is 5.32 Å². The highest BCUT2D eigenvalue weighted by Crippen LogP contribution is 2.24. The maximum atomic E-state index is 10.9. The van der Waals surface area contributed by atoms with E-state index in [1.165, 1.54) is 6.07 Å². The zero-order valence-corrected chi connectivity index (χ0v) is 11.2. The van der Waals surface area contributed by atoms with Gasteiger partial charge >= 0.3 is 0 Å².